The van der Waals surface area contributed by atoms with Crippen molar-refractivity contribution in [3.63, 3.8) is 0 Å². The first kappa shape index (κ1) is 15.1. The zero-order chi connectivity index (χ0) is 14.5. The minimum Gasteiger partial charge on any atom is -0.493 e. The highest BCUT2D eigenvalue weighted by Crippen LogP contribution is 2.30. The molecule has 3 nitrogen and oxygen atoms in total. The van der Waals surface area contributed by atoms with E-state index in [9.17, 15) is 5.11 Å². The highest BCUT2D eigenvalue weighted by atomic mass is 127. The summed E-state index contributed by atoms with van der Waals surface area (Å²) in [5, 5.41) is 9.57. The molecule has 0 saturated carbocycles. The first-order chi connectivity index (χ1) is 9.60. The van der Waals surface area contributed by atoms with Crippen LogP contribution in [0.15, 0.2) is 42.5 Å². The second-order valence-corrected chi connectivity index (χ2v) is 5.75. The fourth-order valence-corrected chi connectivity index (χ4v) is 2.16. The lowest BCUT2D eigenvalue weighted by molar-refractivity contribution is 0.198. The molecule has 0 fully saturated rings. The number of hydrogen-bond donors (Lipinski definition) is 1. The molecule has 0 aliphatic rings. The second kappa shape index (κ2) is 6.95. The van der Waals surface area contributed by atoms with Crippen molar-refractivity contribution >= 4 is 22.6 Å². The average molecular weight is 384 g/mol. The van der Waals surface area contributed by atoms with E-state index in [4.69, 9.17) is 9.47 Å². The topological polar surface area (TPSA) is 38.7 Å². The Bertz CT molecular complexity index is 564. The second-order valence-electron chi connectivity index (χ2n) is 4.50. The number of halogens is 1. The molecule has 4 heteroatoms. The van der Waals surface area contributed by atoms with Gasteiger partial charge in [-0.05, 0) is 64.9 Å². The quantitative estimate of drug-likeness (QED) is 0.794. The minimum atomic E-state index is -0.519. The van der Waals surface area contributed by atoms with Crippen molar-refractivity contribution in [2.75, 3.05) is 7.11 Å². The van der Waals surface area contributed by atoms with Crippen molar-refractivity contribution < 1.29 is 14.6 Å². The van der Waals surface area contributed by atoms with Gasteiger partial charge >= 0.3 is 0 Å². The predicted molar refractivity (Wildman–Crippen MR) is 87.1 cm³/mol. The summed E-state index contributed by atoms with van der Waals surface area (Å²) < 4.78 is 12.3. The molecular formula is C16H17IO3. The van der Waals surface area contributed by atoms with Crippen molar-refractivity contribution in [1.29, 1.82) is 0 Å². The lowest BCUT2D eigenvalue weighted by atomic mass is 10.1. The van der Waals surface area contributed by atoms with E-state index in [0.717, 1.165) is 11.1 Å². The smallest absolute Gasteiger partial charge is 0.161 e. The molecule has 0 unspecified atom stereocenters. The number of aliphatic hydroxyl groups excluding tert-OH is 1. The van der Waals surface area contributed by atoms with E-state index in [1.54, 1.807) is 20.1 Å². The maximum Gasteiger partial charge on any atom is 0.161 e. The lowest BCUT2D eigenvalue weighted by Crippen LogP contribution is -1.99. The van der Waals surface area contributed by atoms with Gasteiger partial charge < -0.3 is 14.6 Å². The van der Waals surface area contributed by atoms with E-state index in [1.165, 1.54) is 3.57 Å². The van der Waals surface area contributed by atoms with Crippen LogP contribution in [0.1, 0.15) is 24.2 Å². The fourth-order valence-electron chi connectivity index (χ4n) is 1.80. The number of ether oxygens (including phenoxy) is 2. The molecule has 2 aromatic rings. The van der Waals surface area contributed by atoms with Crippen molar-refractivity contribution in [1.82, 2.24) is 0 Å². The number of aliphatic hydroxyl groups is 1. The van der Waals surface area contributed by atoms with Crippen LogP contribution in [-0.4, -0.2) is 12.2 Å². The van der Waals surface area contributed by atoms with Gasteiger partial charge in [0.15, 0.2) is 11.5 Å². The van der Waals surface area contributed by atoms with Gasteiger partial charge in [0, 0.05) is 3.57 Å². The Labute approximate surface area is 132 Å². The van der Waals surface area contributed by atoms with Crippen LogP contribution >= 0.6 is 22.6 Å². The van der Waals surface area contributed by atoms with E-state index in [1.807, 2.05) is 36.4 Å². The minimum absolute atomic E-state index is 0.487. The molecule has 0 heterocycles. The van der Waals surface area contributed by atoms with Crippen LogP contribution in [0.5, 0.6) is 11.5 Å². The summed E-state index contributed by atoms with van der Waals surface area (Å²) in [4.78, 5) is 0. The van der Waals surface area contributed by atoms with E-state index in [0.29, 0.717) is 18.1 Å². The van der Waals surface area contributed by atoms with Crippen LogP contribution in [0.2, 0.25) is 0 Å². The molecular weight excluding hydrogens is 367 g/mol. The highest BCUT2D eigenvalue weighted by molar-refractivity contribution is 14.1. The first-order valence-corrected chi connectivity index (χ1v) is 7.41. The van der Waals surface area contributed by atoms with Crippen LogP contribution in [0.3, 0.4) is 0 Å². The molecule has 2 aromatic carbocycles. The zero-order valence-electron chi connectivity index (χ0n) is 11.5. The zero-order valence-corrected chi connectivity index (χ0v) is 13.6. The van der Waals surface area contributed by atoms with Gasteiger partial charge in [-0.25, -0.2) is 0 Å². The first-order valence-electron chi connectivity index (χ1n) is 6.33. The van der Waals surface area contributed by atoms with Gasteiger partial charge in [0.25, 0.3) is 0 Å². The Morgan fingerprint density at radius 2 is 1.80 bits per heavy atom. The Kier molecular flexibility index (Phi) is 5.25. The van der Waals surface area contributed by atoms with Crippen molar-refractivity contribution in [3.05, 3.63) is 57.2 Å². The van der Waals surface area contributed by atoms with Crippen molar-refractivity contribution in [2.24, 2.45) is 0 Å². The maximum atomic E-state index is 9.57. The Hall–Kier alpha value is -1.27. The van der Waals surface area contributed by atoms with Crippen LogP contribution in [0.4, 0.5) is 0 Å². The molecule has 106 valence electrons. The van der Waals surface area contributed by atoms with Gasteiger partial charge in [-0.15, -0.1) is 0 Å². The van der Waals surface area contributed by atoms with Gasteiger partial charge in [-0.1, -0.05) is 18.2 Å². The van der Waals surface area contributed by atoms with E-state index in [2.05, 4.69) is 22.6 Å². The molecule has 2 rings (SSSR count). The van der Waals surface area contributed by atoms with Crippen molar-refractivity contribution in [3.8, 4) is 11.5 Å². The number of rotatable bonds is 5. The van der Waals surface area contributed by atoms with Gasteiger partial charge in [0.05, 0.1) is 13.2 Å². The standard InChI is InChI=1S/C16H17IO3/c1-11(18)13-5-8-15(16(9-13)19-2)20-10-12-3-6-14(17)7-4-12/h3-9,11,18H,10H2,1-2H3/t11-/m0/s1. The molecule has 0 radical (unpaired) electrons. The third-order valence-electron chi connectivity index (χ3n) is 2.98. The van der Waals surface area contributed by atoms with E-state index >= 15 is 0 Å². The largest absolute Gasteiger partial charge is 0.493 e. The third kappa shape index (κ3) is 3.86. The number of methoxy groups -OCH3 is 1. The fraction of sp³-hybridized carbons (Fsp3) is 0.250. The van der Waals surface area contributed by atoms with Gasteiger partial charge in [0.2, 0.25) is 0 Å². The molecule has 0 bridgehead atoms. The molecule has 0 aliphatic carbocycles. The highest BCUT2D eigenvalue weighted by Gasteiger charge is 2.09. The summed E-state index contributed by atoms with van der Waals surface area (Å²) in [6.45, 7) is 2.21. The molecule has 0 spiro atoms. The molecule has 0 saturated heterocycles. The lowest BCUT2D eigenvalue weighted by Gasteiger charge is -2.13. The van der Waals surface area contributed by atoms with E-state index in [-0.39, 0.29) is 0 Å². The summed E-state index contributed by atoms with van der Waals surface area (Å²) in [6.07, 6.45) is -0.519. The summed E-state index contributed by atoms with van der Waals surface area (Å²) in [5.74, 6) is 1.31. The number of benzene rings is 2. The Morgan fingerprint density at radius 3 is 2.40 bits per heavy atom. The van der Waals surface area contributed by atoms with Gasteiger partial charge in [-0.2, -0.15) is 0 Å². The third-order valence-corrected chi connectivity index (χ3v) is 3.70. The molecule has 0 aliphatic heterocycles. The summed E-state index contributed by atoms with van der Waals surface area (Å²) >= 11 is 2.27. The van der Waals surface area contributed by atoms with Crippen molar-refractivity contribution in [2.45, 2.75) is 19.6 Å². The monoisotopic (exact) mass is 384 g/mol. The van der Waals surface area contributed by atoms with Crippen LogP contribution in [-0.2, 0) is 6.61 Å². The van der Waals surface area contributed by atoms with E-state index < -0.39 is 6.10 Å². The molecule has 1 N–H and O–H groups in total. The maximum absolute atomic E-state index is 9.57. The summed E-state index contributed by atoms with van der Waals surface area (Å²) in [7, 11) is 1.60. The Morgan fingerprint density at radius 1 is 1.10 bits per heavy atom. The normalized spacial score (nSPS) is 12.0. The number of hydrogen-bond acceptors (Lipinski definition) is 3. The predicted octanol–water partition coefficient (Wildman–Crippen LogP) is 3.93. The average Bonchev–Trinajstić information content (AvgIpc) is 2.46. The molecule has 20 heavy (non-hydrogen) atoms. The molecule has 0 amide bonds. The van der Waals surface area contributed by atoms with Crippen LogP contribution < -0.4 is 9.47 Å². The summed E-state index contributed by atoms with van der Waals surface area (Å²) in [6, 6.07) is 13.6. The van der Waals surface area contributed by atoms with Gasteiger partial charge in [-0.3, -0.25) is 0 Å². The SMILES string of the molecule is COc1cc([C@H](C)O)ccc1OCc1ccc(I)cc1. The van der Waals surface area contributed by atoms with Gasteiger partial charge in [0.1, 0.15) is 6.61 Å². The van der Waals surface area contributed by atoms with Crippen LogP contribution in [0.25, 0.3) is 0 Å². The molecule has 0 aromatic heterocycles. The summed E-state index contributed by atoms with van der Waals surface area (Å²) in [5.41, 5.74) is 1.91. The Balaban J connectivity index is 2.10. The van der Waals surface area contributed by atoms with Crippen LogP contribution in [0, 0.1) is 3.57 Å². The molecule has 1 atom stereocenters.